The molecule has 1 unspecified atom stereocenters. The third-order valence-corrected chi connectivity index (χ3v) is 3.61. The quantitative estimate of drug-likeness (QED) is 0.667. The van der Waals surface area contributed by atoms with Gasteiger partial charge in [-0.3, -0.25) is 15.8 Å². The van der Waals surface area contributed by atoms with E-state index in [-0.39, 0.29) is 6.04 Å². The smallest absolute Gasteiger partial charge is 0.0989 e. The molecule has 0 bridgehead atoms. The molecule has 0 saturated heterocycles. The second-order valence-electron chi connectivity index (χ2n) is 2.87. The van der Waals surface area contributed by atoms with Gasteiger partial charge in [0.2, 0.25) is 0 Å². The van der Waals surface area contributed by atoms with Crippen molar-refractivity contribution in [3.05, 3.63) is 45.1 Å². The first-order chi connectivity index (χ1) is 7.31. The van der Waals surface area contributed by atoms with Crippen molar-refractivity contribution in [2.75, 3.05) is 0 Å². The zero-order valence-corrected chi connectivity index (χ0v) is 10.1. The van der Waals surface area contributed by atoms with Crippen molar-refractivity contribution in [1.29, 1.82) is 0 Å². The number of nitrogens with two attached hydrogens (primary N) is 1. The summed E-state index contributed by atoms with van der Waals surface area (Å²) in [4.78, 5) is 9.34. The summed E-state index contributed by atoms with van der Waals surface area (Å²) in [6.07, 6.45) is 5.00. The number of nitrogens with zero attached hydrogens (tertiary/aromatic N) is 2. The Hall–Kier alpha value is -0.820. The summed E-state index contributed by atoms with van der Waals surface area (Å²) < 4.78 is 1.07. The molecule has 0 spiro atoms. The minimum absolute atomic E-state index is 0.102. The molecule has 0 aliphatic heterocycles. The molecule has 0 aliphatic rings. The van der Waals surface area contributed by atoms with Crippen LogP contribution in [-0.4, -0.2) is 9.97 Å². The molecule has 2 heterocycles. The highest BCUT2D eigenvalue weighted by Crippen LogP contribution is 2.29. The van der Waals surface area contributed by atoms with E-state index in [1.54, 1.807) is 29.9 Å². The predicted octanol–water partition coefficient (Wildman–Crippen LogP) is 1.85. The first kappa shape index (κ1) is 10.7. The SMILES string of the molecule is NNC(c1cnccn1)c1ccc(Br)s1. The Kier molecular flexibility index (Phi) is 3.42. The molecule has 1 atom stereocenters. The monoisotopic (exact) mass is 284 g/mol. The molecule has 78 valence electrons. The molecule has 0 fully saturated rings. The second-order valence-corrected chi connectivity index (χ2v) is 5.37. The molecule has 4 nitrogen and oxygen atoms in total. The van der Waals surface area contributed by atoms with Gasteiger partial charge in [0.05, 0.1) is 21.7 Å². The van der Waals surface area contributed by atoms with Crippen LogP contribution in [0.4, 0.5) is 0 Å². The number of hydrazine groups is 1. The highest BCUT2D eigenvalue weighted by Gasteiger charge is 2.15. The molecule has 15 heavy (non-hydrogen) atoms. The summed E-state index contributed by atoms with van der Waals surface area (Å²) in [5, 5.41) is 0. The van der Waals surface area contributed by atoms with E-state index in [0.29, 0.717) is 0 Å². The van der Waals surface area contributed by atoms with Crippen LogP contribution >= 0.6 is 27.3 Å². The van der Waals surface area contributed by atoms with E-state index in [1.807, 2.05) is 12.1 Å². The van der Waals surface area contributed by atoms with E-state index >= 15 is 0 Å². The number of halogens is 1. The Morgan fingerprint density at radius 1 is 1.40 bits per heavy atom. The minimum atomic E-state index is -0.102. The molecular weight excluding hydrogens is 276 g/mol. The zero-order valence-electron chi connectivity index (χ0n) is 7.72. The topological polar surface area (TPSA) is 63.8 Å². The molecule has 0 radical (unpaired) electrons. The summed E-state index contributed by atoms with van der Waals surface area (Å²) in [5.74, 6) is 5.52. The lowest BCUT2D eigenvalue weighted by Gasteiger charge is -2.12. The van der Waals surface area contributed by atoms with Gasteiger partial charge in [-0.1, -0.05) is 0 Å². The Morgan fingerprint density at radius 3 is 2.80 bits per heavy atom. The van der Waals surface area contributed by atoms with Gasteiger partial charge >= 0.3 is 0 Å². The molecule has 6 heteroatoms. The lowest BCUT2D eigenvalue weighted by atomic mass is 10.2. The van der Waals surface area contributed by atoms with E-state index in [2.05, 4.69) is 31.3 Å². The van der Waals surface area contributed by atoms with Gasteiger partial charge in [-0.2, -0.15) is 0 Å². The summed E-state index contributed by atoms with van der Waals surface area (Å²) in [6.45, 7) is 0. The van der Waals surface area contributed by atoms with Crippen molar-refractivity contribution >= 4 is 27.3 Å². The van der Waals surface area contributed by atoms with Gasteiger partial charge in [-0.15, -0.1) is 11.3 Å². The van der Waals surface area contributed by atoms with Crippen LogP contribution in [-0.2, 0) is 0 Å². The first-order valence-electron chi connectivity index (χ1n) is 4.28. The van der Waals surface area contributed by atoms with E-state index < -0.39 is 0 Å². The van der Waals surface area contributed by atoms with E-state index in [4.69, 9.17) is 5.84 Å². The molecule has 2 aromatic rings. The Balaban J connectivity index is 2.33. The van der Waals surface area contributed by atoms with Crippen molar-refractivity contribution < 1.29 is 0 Å². The molecule has 0 amide bonds. The first-order valence-corrected chi connectivity index (χ1v) is 5.89. The van der Waals surface area contributed by atoms with Gasteiger partial charge in [-0.25, -0.2) is 5.43 Å². The molecule has 2 aromatic heterocycles. The van der Waals surface area contributed by atoms with Crippen molar-refractivity contribution in [2.45, 2.75) is 6.04 Å². The third-order valence-electron chi connectivity index (χ3n) is 1.92. The zero-order chi connectivity index (χ0) is 10.7. The fourth-order valence-corrected chi connectivity index (χ4v) is 2.75. The number of rotatable bonds is 3. The highest BCUT2D eigenvalue weighted by molar-refractivity contribution is 9.11. The fraction of sp³-hybridized carbons (Fsp3) is 0.111. The molecule has 0 aliphatic carbocycles. The van der Waals surface area contributed by atoms with Crippen LogP contribution in [0.3, 0.4) is 0 Å². The lowest BCUT2D eigenvalue weighted by molar-refractivity contribution is 0.627. The normalized spacial score (nSPS) is 12.7. The van der Waals surface area contributed by atoms with Crippen LogP contribution < -0.4 is 11.3 Å². The van der Waals surface area contributed by atoms with Crippen LogP contribution in [0.25, 0.3) is 0 Å². The van der Waals surface area contributed by atoms with Crippen LogP contribution in [0, 0.1) is 0 Å². The van der Waals surface area contributed by atoms with Gasteiger partial charge < -0.3 is 0 Å². The molecule has 2 rings (SSSR count). The van der Waals surface area contributed by atoms with Crippen molar-refractivity contribution in [3.63, 3.8) is 0 Å². The molecule has 0 aromatic carbocycles. The maximum absolute atomic E-state index is 5.52. The van der Waals surface area contributed by atoms with Gasteiger partial charge in [0, 0.05) is 17.3 Å². The van der Waals surface area contributed by atoms with Gasteiger partial charge in [0.25, 0.3) is 0 Å². The number of aromatic nitrogens is 2. The van der Waals surface area contributed by atoms with Gasteiger partial charge in [-0.05, 0) is 28.1 Å². The average Bonchev–Trinajstić information content (AvgIpc) is 2.68. The maximum atomic E-state index is 5.52. The Bertz CT molecular complexity index is 431. The standard InChI is InChI=1S/C9H9BrN4S/c10-8-2-1-7(15-8)9(14-11)6-5-12-3-4-13-6/h1-5,9,14H,11H2. The summed E-state index contributed by atoms with van der Waals surface area (Å²) in [5.41, 5.74) is 3.55. The van der Waals surface area contributed by atoms with Crippen LogP contribution in [0.5, 0.6) is 0 Å². The number of nitrogens with one attached hydrogen (secondary N) is 1. The molecule has 0 saturated carbocycles. The van der Waals surface area contributed by atoms with Crippen molar-refractivity contribution in [1.82, 2.24) is 15.4 Å². The third kappa shape index (κ3) is 2.40. The number of hydrogen-bond donors (Lipinski definition) is 2. The van der Waals surface area contributed by atoms with E-state index in [1.165, 1.54) is 0 Å². The second kappa shape index (κ2) is 4.80. The van der Waals surface area contributed by atoms with E-state index in [9.17, 15) is 0 Å². The summed E-state index contributed by atoms with van der Waals surface area (Å²) in [7, 11) is 0. The van der Waals surface area contributed by atoms with Crippen molar-refractivity contribution in [2.24, 2.45) is 5.84 Å². The minimum Gasteiger partial charge on any atom is -0.270 e. The van der Waals surface area contributed by atoms with E-state index in [0.717, 1.165) is 14.4 Å². The van der Waals surface area contributed by atoms with Gasteiger partial charge in [0.15, 0.2) is 0 Å². The van der Waals surface area contributed by atoms with Crippen LogP contribution in [0.2, 0.25) is 0 Å². The average molecular weight is 285 g/mol. The fourth-order valence-electron chi connectivity index (χ4n) is 1.26. The van der Waals surface area contributed by atoms with Crippen LogP contribution in [0.15, 0.2) is 34.5 Å². The summed E-state index contributed by atoms with van der Waals surface area (Å²) in [6, 6.07) is 3.89. The highest BCUT2D eigenvalue weighted by atomic mass is 79.9. The number of hydrogen-bond acceptors (Lipinski definition) is 5. The van der Waals surface area contributed by atoms with Crippen molar-refractivity contribution in [3.8, 4) is 0 Å². The van der Waals surface area contributed by atoms with Crippen LogP contribution in [0.1, 0.15) is 16.6 Å². The number of thiophene rings is 1. The van der Waals surface area contributed by atoms with Gasteiger partial charge in [0.1, 0.15) is 0 Å². The predicted molar refractivity (Wildman–Crippen MR) is 63.2 cm³/mol. The Morgan fingerprint density at radius 2 is 2.27 bits per heavy atom. The maximum Gasteiger partial charge on any atom is 0.0989 e. The molecule has 3 N–H and O–H groups in total. The summed E-state index contributed by atoms with van der Waals surface area (Å²) >= 11 is 5.04. The molecular formula is C9H9BrN4S. The lowest BCUT2D eigenvalue weighted by Crippen LogP contribution is -2.28. The Labute approximate surface area is 99.7 Å². The largest absolute Gasteiger partial charge is 0.270 e.